The zero-order chi connectivity index (χ0) is 23.0. The lowest BCUT2D eigenvalue weighted by Gasteiger charge is -2.07. The zero-order valence-corrected chi connectivity index (χ0v) is 20.0. The molecule has 0 aliphatic rings. The van der Waals surface area contributed by atoms with Gasteiger partial charge in [-0.1, -0.05) is 51.4 Å². The fourth-order valence-electron chi connectivity index (χ4n) is 3.36. The Hall–Kier alpha value is -2.04. The average Bonchev–Trinajstić information content (AvgIpc) is 2.80. The first-order valence-electron chi connectivity index (χ1n) is 11.4. The predicted molar refractivity (Wildman–Crippen MR) is 130 cm³/mol. The fraction of sp³-hybridized carbons (Fsp3) is 0.462. The molecule has 2 aromatic carbocycles. The van der Waals surface area contributed by atoms with Gasteiger partial charge < -0.3 is 9.47 Å². The second kappa shape index (κ2) is 15.7. The van der Waals surface area contributed by atoms with Gasteiger partial charge in [-0.15, -0.1) is 0 Å². The van der Waals surface area contributed by atoms with Crippen molar-refractivity contribution in [2.75, 3.05) is 13.2 Å². The van der Waals surface area contributed by atoms with E-state index in [0.29, 0.717) is 24.3 Å². The van der Waals surface area contributed by atoms with E-state index < -0.39 is 10.5 Å². The molecule has 0 aliphatic carbocycles. The Bertz CT molecular complexity index is 734. The van der Waals surface area contributed by atoms with Crippen LogP contribution in [0.15, 0.2) is 48.5 Å². The fourth-order valence-corrected chi connectivity index (χ4v) is 3.61. The summed E-state index contributed by atoms with van der Waals surface area (Å²) in [6, 6.07) is 13.9. The summed E-state index contributed by atoms with van der Waals surface area (Å²) in [6.45, 7) is 1.40. The van der Waals surface area contributed by atoms with Crippen molar-refractivity contribution >= 4 is 33.7 Å². The van der Waals surface area contributed by atoms with E-state index in [1.807, 2.05) is 0 Å². The van der Waals surface area contributed by atoms with E-state index >= 15 is 0 Å². The summed E-state index contributed by atoms with van der Waals surface area (Å²) in [5, 5.41) is -0.897. The van der Waals surface area contributed by atoms with Crippen molar-refractivity contribution in [1.82, 2.24) is 0 Å². The van der Waals surface area contributed by atoms with Gasteiger partial charge in [0.2, 0.25) is 0 Å². The third-order valence-corrected chi connectivity index (χ3v) is 5.68. The topological polar surface area (TPSA) is 52.6 Å². The molecule has 2 rings (SSSR count). The number of ether oxygens (including phenoxy) is 2. The highest BCUT2D eigenvalue weighted by atomic mass is 35.5. The molecule has 32 heavy (non-hydrogen) atoms. The minimum atomic E-state index is -0.448. The van der Waals surface area contributed by atoms with Crippen LogP contribution in [0, 0.1) is 0 Å². The molecule has 0 aromatic heterocycles. The van der Waals surface area contributed by atoms with E-state index in [1.54, 1.807) is 48.5 Å². The predicted octanol–water partition coefficient (Wildman–Crippen LogP) is 7.80. The third-order valence-electron chi connectivity index (χ3n) is 5.24. The van der Waals surface area contributed by atoms with Gasteiger partial charge in [-0.25, -0.2) is 0 Å². The third kappa shape index (κ3) is 11.0. The van der Waals surface area contributed by atoms with Crippen LogP contribution in [-0.4, -0.2) is 23.7 Å². The average molecular weight is 479 g/mol. The second-order valence-electron chi connectivity index (χ2n) is 7.83. The first-order chi connectivity index (χ1) is 15.6. The van der Waals surface area contributed by atoms with Gasteiger partial charge in [-0.05, 0) is 84.6 Å². The first kappa shape index (κ1) is 26.2. The van der Waals surface area contributed by atoms with Crippen molar-refractivity contribution in [3.63, 3.8) is 0 Å². The van der Waals surface area contributed by atoms with E-state index in [2.05, 4.69) is 0 Å². The Morgan fingerprint density at radius 2 is 0.781 bits per heavy atom. The van der Waals surface area contributed by atoms with Crippen LogP contribution < -0.4 is 9.47 Å². The van der Waals surface area contributed by atoms with E-state index in [0.717, 1.165) is 24.3 Å². The summed E-state index contributed by atoms with van der Waals surface area (Å²) in [4.78, 5) is 22.0. The highest BCUT2D eigenvalue weighted by Crippen LogP contribution is 2.16. The van der Waals surface area contributed by atoms with Gasteiger partial charge in [0.15, 0.2) is 0 Å². The molecule has 0 amide bonds. The molecule has 4 nitrogen and oxygen atoms in total. The van der Waals surface area contributed by atoms with Crippen molar-refractivity contribution in [3.05, 3.63) is 59.7 Å². The summed E-state index contributed by atoms with van der Waals surface area (Å²) in [6.07, 6.45) is 12.0. The van der Waals surface area contributed by atoms with Crippen LogP contribution in [0.4, 0.5) is 0 Å². The van der Waals surface area contributed by atoms with Crippen molar-refractivity contribution in [2.45, 2.75) is 64.2 Å². The SMILES string of the molecule is O=C(Cl)c1ccc(OCCCCCCCCCCCCOc2ccc(C(=O)Cl)cc2)cc1. The Morgan fingerprint density at radius 1 is 0.500 bits per heavy atom. The Balaban J connectivity index is 1.35. The zero-order valence-electron chi connectivity index (χ0n) is 18.5. The molecule has 0 aliphatic heterocycles. The lowest BCUT2D eigenvalue weighted by atomic mass is 10.1. The monoisotopic (exact) mass is 478 g/mol. The molecule has 6 heteroatoms. The van der Waals surface area contributed by atoms with Gasteiger partial charge >= 0.3 is 0 Å². The maximum atomic E-state index is 11.0. The van der Waals surface area contributed by atoms with Crippen LogP contribution in [0.5, 0.6) is 11.5 Å². The Morgan fingerprint density at radius 3 is 1.06 bits per heavy atom. The standard InChI is InChI=1S/C26H32Cl2O4/c27-25(29)21-11-15-23(16-12-21)31-19-9-7-5-3-1-2-4-6-8-10-20-32-24-17-13-22(14-18-24)26(28)30/h11-18H,1-10,19-20H2. The quantitative estimate of drug-likeness (QED) is 0.172. The number of halogens is 2. The van der Waals surface area contributed by atoms with E-state index in [4.69, 9.17) is 32.7 Å². The maximum absolute atomic E-state index is 11.0. The molecule has 2 aromatic rings. The number of carbonyl (C=O) groups is 2. The van der Waals surface area contributed by atoms with Crippen molar-refractivity contribution in [3.8, 4) is 11.5 Å². The lowest BCUT2D eigenvalue weighted by Crippen LogP contribution is -1.98. The van der Waals surface area contributed by atoms with Gasteiger partial charge in [-0.3, -0.25) is 9.59 Å². The molecule has 0 fully saturated rings. The molecule has 0 radical (unpaired) electrons. The summed E-state index contributed by atoms with van der Waals surface area (Å²) in [5.41, 5.74) is 0.974. The highest BCUT2D eigenvalue weighted by Gasteiger charge is 2.02. The number of unbranched alkanes of at least 4 members (excludes halogenated alkanes) is 9. The number of hydrogen-bond donors (Lipinski definition) is 0. The molecule has 0 atom stereocenters. The molecule has 0 N–H and O–H groups in total. The van der Waals surface area contributed by atoms with E-state index in [-0.39, 0.29) is 0 Å². The minimum Gasteiger partial charge on any atom is -0.494 e. The summed E-state index contributed by atoms with van der Waals surface area (Å²) in [7, 11) is 0. The molecule has 0 saturated heterocycles. The first-order valence-corrected chi connectivity index (χ1v) is 12.2. The minimum absolute atomic E-state index is 0.448. The molecular weight excluding hydrogens is 447 g/mol. The highest BCUT2D eigenvalue weighted by molar-refractivity contribution is 6.68. The molecule has 0 bridgehead atoms. The number of hydrogen-bond acceptors (Lipinski definition) is 4. The van der Waals surface area contributed by atoms with Crippen LogP contribution in [0.2, 0.25) is 0 Å². The van der Waals surface area contributed by atoms with Crippen molar-refractivity contribution < 1.29 is 19.1 Å². The number of carbonyl (C=O) groups excluding carboxylic acids is 2. The molecule has 0 heterocycles. The number of rotatable bonds is 17. The van der Waals surface area contributed by atoms with Crippen LogP contribution in [0.25, 0.3) is 0 Å². The molecule has 0 unspecified atom stereocenters. The molecule has 174 valence electrons. The van der Waals surface area contributed by atoms with E-state index in [1.165, 1.54) is 51.4 Å². The van der Waals surface area contributed by atoms with E-state index in [9.17, 15) is 9.59 Å². The van der Waals surface area contributed by atoms with Crippen LogP contribution in [0.1, 0.15) is 84.9 Å². The molecule has 0 saturated carbocycles. The van der Waals surface area contributed by atoms with Crippen LogP contribution in [0.3, 0.4) is 0 Å². The normalized spacial score (nSPS) is 10.7. The molecular formula is C26H32Cl2O4. The summed E-state index contributed by atoms with van der Waals surface area (Å²) >= 11 is 10.9. The smallest absolute Gasteiger partial charge is 0.252 e. The molecule has 0 spiro atoms. The van der Waals surface area contributed by atoms with Crippen molar-refractivity contribution in [2.24, 2.45) is 0 Å². The number of benzene rings is 2. The van der Waals surface area contributed by atoms with Gasteiger partial charge in [0.25, 0.3) is 10.5 Å². The van der Waals surface area contributed by atoms with Gasteiger partial charge in [0.1, 0.15) is 11.5 Å². The van der Waals surface area contributed by atoms with Gasteiger partial charge in [0.05, 0.1) is 13.2 Å². The van der Waals surface area contributed by atoms with Gasteiger partial charge in [0, 0.05) is 11.1 Å². The van der Waals surface area contributed by atoms with Crippen LogP contribution >= 0.6 is 23.2 Å². The second-order valence-corrected chi connectivity index (χ2v) is 8.52. The summed E-state index contributed by atoms with van der Waals surface area (Å²) < 4.78 is 11.4. The van der Waals surface area contributed by atoms with Gasteiger partial charge in [-0.2, -0.15) is 0 Å². The Labute approximate surface area is 201 Å². The largest absolute Gasteiger partial charge is 0.494 e. The lowest BCUT2D eigenvalue weighted by molar-refractivity contribution is 0.107. The maximum Gasteiger partial charge on any atom is 0.252 e. The van der Waals surface area contributed by atoms with Crippen molar-refractivity contribution in [1.29, 1.82) is 0 Å². The van der Waals surface area contributed by atoms with Crippen LogP contribution in [-0.2, 0) is 0 Å². The summed E-state index contributed by atoms with van der Waals surface area (Å²) in [5.74, 6) is 1.55. The Kier molecular flexibility index (Phi) is 12.9.